The van der Waals surface area contributed by atoms with Crippen molar-refractivity contribution in [3.63, 3.8) is 0 Å². The molecule has 0 bridgehead atoms. The van der Waals surface area contributed by atoms with E-state index in [0.717, 1.165) is 0 Å². The monoisotopic (exact) mass is 291 g/mol. The highest BCUT2D eigenvalue weighted by Gasteiger charge is 2.12. The Balaban J connectivity index is 2.38. The van der Waals surface area contributed by atoms with Crippen molar-refractivity contribution in [2.45, 2.75) is 4.90 Å². The molecule has 0 N–H and O–H groups in total. The number of methoxy groups -OCH3 is 1. The summed E-state index contributed by atoms with van der Waals surface area (Å²) in [5.41, 5.74) is 0.145. The van der Waals surface area contributed by atoms with Crippen LogP contribution in [0, 0.1) is 0 Å². The summed E-state index contributed by atoms with van der Waals surface area (Å²) in [5.74, 6) is 0.0464. The van der Waals surface area contributed by atoms with Crippen molar-refractivity contribution in [1.29, 1.82) is 0 Å². The third kappa shape index (κ3) is 3.23. The molecule has 0 saturated heterocycles. The third-order valence-corrected chi connectivity index (χ3v) is 3.19. The topological polar surface area (TPSA) is 75.7 Å². The summed E-state index contributed by atoms with van der Waals surface area (Å²) in [6, 6.07) is 12.8. The Morgan fingerprint density at radius 2 is 1.85 bits per heavy atom. The standard InChI is InChI=1S/C14H12O5S/c1-18-14(15)10-7-8-12(13(9-10)20(16)17)19-11-5-3-2-4-6-11/h2-9H,1H3,(H,16,17)/p-1. The molecule has 2 rings (SSSR count). The van der Waals surface area contributed by atoms with Crippen molar-refractivity contribution in [2.24, 2.45) is 0 Å². The van der Waals surface area contributed by atoms with E-state index in [1.807, 2.05) is 6.07 Å². The highest BCUT2D eigenvalue weighted by atomic mass is 32.2. The molecule has 0 amide bonds. The van der Waals surface area contributed by atoms with Crippen LogP contribution in [-0.4, -0.2) is 21.8 Å². The van der Waals surface area contributed by atoms with Gasteiger partial charge in [0, 0.05) is 0 Å². The lowest BCUT2D eigenvalue weighted by Crippen LogP contribution is -2.03. The van der Waals surface area contributed by atoms with Crippen molar-refractivity contribution in [3.05, 3.63) is 54.1 Å². The van der Waals surface area contributed by atoms with Crippen molar-refractivity contribution in [1.82, 2.24) is 0 Å². The Morgan fingerprint density at radius 1 is 1.15 bits per heavy atom. The zero-order valence-corrected chi connectivity index (χ0v) is 11.4. The fourth-order valence-electron chi connectivity index (χ4n) is 1.58. The fourth-order valence-corrected chi connectivity index (χ4v) is 2.08. The van der Waals surface area contributed by atoms with E-state index in [2.05, 4.69) is 4.74 Å². The molecule has 2 aromatic rings. The number of carbonyl (C=O) groups is 1. The molecular weight excluding hydrogens is 280 g/mol. The van der Waals surface area contributed by atoms with E-state index in [9.17, 15) is 13.6 Å². The number of esters is 1. The molecule has 0 aliphatic heterocycles. The molecular formula is C14H11O5S-. The van der Waals surface area contributed by atoms with Crippen LogP contribution in [0.25, 0.3) is 0 Å². The van der Waals surface area contributed by atoms with Gasteiger partial charge in [-0.05, 0) is 41.4 Å². The first kappa shape index (κ1) is 14.2. The molecule has 5 nitrogen and oxygen atoms in total. The van der Waals surface area contributed by atoms with Gasteiger partial charge >= 0.3 is 5.97 Å². The number of rotatable bonds is 4. The molecule has 0 aliphatic carbocycles. The molecule has 0 spiro atoms. The fraction of sp³-hybridized carbons (Fsp3) is 0.0714. The highest BCUT2D eigenvalue weighted by molar-refractivity contribution is 7.79. The van der Waals surface area contributed by atoms with Gasteiger partial charge in [-0.25, -0.2) is 4.79 Å². The van der Waals surface area contributed by atoms with E-state index in [4.69, 9.17) is 4.74 Å². The van der Waals surface area contributed by atoms with Gasteiger partial charge in [-0.3, -0.25) is 4.21 Å². The first-order valence-electron chi connectivity index (χ1n) is 5.66. The quantitative estimate of drug-likeness (QED) is 0.639. The van der Waals surface area contributed by atoms with Gasteiger partial charge in [-0.2, -0.15) is 0 Å². The van der Waals surface area contributed by atoms with Crippen molar-refractivity contribution in [3.8, 4) is 11.5 Å². The van der Waals surface area contributed by atoms with E-state index in [1.165, 1.54) is 25.3 Å². The Hall–Kier alpha value is -2.18. The molecule has 0 aliphatic rings. The number of carbonyl (C=O) groups excluding carboxylic acids is 1. The van der Waals surface area contributed by atoms with Gasteiger partial charge in [0.05, 0.1) is 17.6 Å². The number of hydrogen-bond acceptors (Lipinski definition) is 5. The lowest BCUT2D eigenvalue weighted by molar-refractivity contribution is 0.0600. The van der Waals surface area contributed by atoms with Crippen LogP contribution >= 0.6 is 0 Å². The maximum atomic E-state index is 11.4. The second-order valence-corrected chi connectivity index (χ2v) is 4.71. The molecule has 0 aromatic heterocycles. The van der Waals surface area contributed by atoms with Crippen molar-refractivity contribution < 1.29 is 23.0 Å². The SMILES string of the molecule is COC(=O)c1ccc(Oc2ccccc2)c(S(=O)[O-])c1. The molecule has 0 heterocycles. The van der Waals surface area contributed by atoms with Gasteiger partial charge in [0.2, 0.25) is 0 Å². The minimum atomic E-state index is -2.53. The predicted molar refractivity (Wildman–Crippen MR) is 71.5 cm³/mol. The lowest BCUT2D eigenvalue weighted by Gasteiger charge is -2.14. The van der Waals surface area contributed by atoms with Crippen molar-refractivity contribution >= 4 is 17.0 Å². The van der Waals surface area contributed by atoms with Crippen LogP contribution in [0.3, 0.4) is 0 Å². The summed E-state index contributed by atoms with van der Waals surface area (Å²) in [5, 5.41) is 0. The van der Waals surface area contributed by atoms with Gasteiger partial charge in [0.15, 0.2) is 0 Å². The smallest absolute Gasteiger partial charge is 0.337 e. The summed E-state index contributed by atoms with van der Waals surface area (Å²) >= 11 is -2.53. The van der Waals surface area contributed by atoms with Crippen molar-refractivity contribution in [2.75, 3.05) is 7.11 Å². The largest absolute Gasteiger partial charge is 0.768 e. The molecule has 1 atom stereocenters. The number of benzene rings is 2. The molecule has 0 radical (unpaired) electrons. The number of para-hydroxylation sites is 1. The van der Waals surface area contributed by atoms with Gasteiger partial charge in [0.1, 0.15) is 11.5 Å². The summed E-state index contributed by atoms with van der Waals surface area (Å²) < 4.78 is 32.5. The number of hydrogen-bond donors (Lipinski definition) is 0. The molecule has 1 unspecified atom stereocenters. The summed E-state index contributed by atoms with van der Waals surface area (Å²) in [7, 11) is 1.23. The molecule has 0 saturated carbocycles. The molecule has 2 aromatic carbocycles. The van der Waals surface area contributed by atoms with Crippen LogP contribution in [0.5, 0.6) is 11.5 Å². The number of ether oxygens (including phenoxy) is 2. The van der Waals surface area contributed by atoms with E-state index in [0.29, 0.717) is 5.75 Å². The van der Waals surface area contributed by atoms with Gasteiger partial charge < -0.3 is 14.0 Å². The average molecular weight is 291 g/mol. The van der Waals surface area contributed by atoms with E-state index in [-0.39, 0.29) is 16.2 Å². The molecule has 0 fully saturated rings. The van der Waals surface area contributed by atoms with Crippen LogP contribution in [-0.2, 0) is 15.8 Å². The van der Waals surface area contributed by atoms with Crippen LogP contribution < -0.4 is 4.74 Å². The molecule has 104 valence electrons. The first-order chi connectivity index (χ1) is 9.61. The third-order valence-electron chi connectivity index (χ3n) is 2.52. The van der Waals surface area contributed by atoms with Gasteiger partial charge in [0.25, 0.3) is 0 Å². The Labute approximate surface area is 118 Å². The maximum absolute atomic E-state index is 11.4. The minimum Gasteiger partial charge on any atom is -0.768 e. The summed E-state index contributed by atoms with van der Waals surface area (Å²) in [4.78, 5) is 11.3. The normalized spacial score (nSPS) is 11.7. The van der Waals surface area contributed by atoms with Crippen LogP contribution in [0.2, 0.25) is 0 Å². The van der Waals surface area contributed by atoms with Gasteiger partial charge in [-0.1, -0.05) is 18.2 Å². The van der Waals surface area contributed by atoms with E-state index >= 15 is 0 Å². The summed E-state index contributed by atoms with van der Waals surface area (Å²) in [6.07, 6.45) is 0. The highest BCUT2D eigenvalue weighted by Crippen LogP contribution is 2.28. The second kappa shape index (κ2) is 6.31. The van der Waals surface area contributed by atoms with Crippen LogP contribution in [0.4, 0.5) is 0 Å². The lowest BCUT2D eigenvalue weighted by atomic mass is 10.2. The second-order valence-electron chi connectivity index (χ2n) is 3.80. The predicted octanol–water partition coefficient (Wildman–Crippen LogP) is 2.50. The Kier molecular flexibility index (Phi) is 4.49. The zero-order chi connectivity index (χ0) is 14.5. The molecule has 6 heteroatoms. The summed E-state index contributed by atoms with van der Waals surface area (Å²) in [6.45, 7) is 0. The zero-order valence-electron chi connectivity index (χ0n) is 10.6. The average Bonchev–Trinajstić information content (AvgIpc) is 2.47. The van der Waals surface area contributed by atoms with Crippen LogP contribution in [0.15, 0.2) is 53.4 Å². The van der Waals surface area contributed by atoms with Gasteiger partial charge in [-0.15, -0.1) is 0 Å². The minimum absolute atomic E-state index is 0.100. The first-order valence-corrected chi connectivity index (χ1v) is 6.74. The molecule has 20 heavy (non-hydrogen) atoms. The Morgan fingerprint density at radius 3 is 2.45 bits per heavy atom. The van der Waals surface area contributed by atoms with E-state index in [1.54, 1.807) is 24.3 Å². The maximum Gasteiger partial charge on any atom is 0.337 e. The Bertz CT molecular complexity index is 639. The van der Waals surface area contributed by atoms with E-state index < -0.39 is 17.0 Å². The van der Waals surface area contributed by atoms with Crippen LogP contribution in [0.1, 0.15) is 10.4 Å².